The van der Waals surface area contributed by atoms with Gasteiger partial charge in [0, 0.05) is 18.8 Å². The lowest BCUT2D eigenvalue weighted by Gasteiger charge is -2.21. The number of nitrogens with zero attached hydrogens (tertiary/aromatic N) is 1. The average Bonchev–Trinajstić information content (AvgIpc) is 2.36. The molecule has 2 heteroatoms. The number of likely N-dealkylation sites (N-methyl/N-ethyl adjacent to an activating group) is 1. The number of ketones is 1. The van der Waals surface area contributed by atoms with Crippen molar-refractivity contribution >= 4 is 5.78 Å². The molecule has 0 amide bonds. The number of carbonyl (C=O) groups is 1. The molecule has 0 aliphatic heterocycles. The van der Waals surface area contributed by atoms with Gasteiger partial charge in [-0.25, -0.2) is 0 Å². The molecule has 0 fully saturated rings. The predicted octanol–water partition coefficient (Wildman–Crippen LogP) is 4.99. The van der Waals surface area contributed by atoms with E-state index in [1.807, 2.05) is 26.8 Å². The zero-order valence-corrected chi connectivity index (χ0v) is 14.2. The first kappa shape index (κ1) is 22.8. The van der Waals surface area contributed by atoms with Crippen molar-refractivity contribution in [3.8, 4) is 0 Å². The molecule has 0 saturated heterocycles. The summed E-state index contributed by atoms with van der Waals surface area (Å²) in [5.41, 5.74) is 2.36. The number of allylic oxidation sites excluding steroid dienone is 4. The Balaban J connectivity index is -0.000000361. The standard InChI is InChI=1S/C12H21N.C3H6O.C2H6/c1-6-12(10-9-11(4)5)13(7-2)8-3;1-3(2)4;1-2/h6,9-10H,4,7-8H2,1-3,5H3;1-2H3;1-2H3/b10-9-,12-6+;;. The van der Waals surface area contributed by atoms with E-state index in [1.54, 1.807) is 0 Å². The highest BCUT2D eigenvalue weighted by Crippen LogP contribution is 2.06. The Morgan fingerprint density at radius 1 is 1.05 bits per heavy atom. The molecule has 0 unspecified atom stereocenters. The third kappa shape index (κ3) is 19.2. The second-order valence-electron chi connectivity index (χ2n) is 3.97. The smallest absolute Gasteiger partial charge is 0.126 e. The summed E-state index contributed by atoms with van der Waals surface area (Å²) in [7, 11) is 0. The van der Waals surface area contributed by atoms with Crippen LogP contribution in [0.2, 0.25) is 0 Å². The van der Waals surface area contributed by atoms with Crippen molar-refractivity contribution in [1.29, 1.82) is 0 Å². The van der Waals surface area contributed by atoms with Gasteiger partial charge in [0.25, 0.3) is 0 Å². The van der Waals surface area contributed by atoms with Gasteiger partial charge in [-0.05, 0) is 47.6 Å². The molecule has 19 heavy (non-hydrogen) atoms. The van der Waals surface area contributed by atoms with Crippen LogP contribution in [0.15, 0.2) is 36.1 Å². The first-order valence-corrected chi connectivity index (χ1v) is 7.10. The van der Waals surface area contributed by atoms with Crippen LogP contribution in [0.25, 0.3) is 0 Å². The normalized spacial score (nSPS) is 10.0. The van der Waals surface area contributed by atoms with E-state index in [0.717, 1.165) is 18.7 Å². The van der Waals surface area contributed by atoms with Gasteiger partial charge in [-0.1, -0.05) is 38.2 Å². The molecule has 0 aromatic rings. The van der Waals surface area contributed by atoms with Gasteiger partial charge in [0.05, 0.1) is 0 Å². The van der Waals surface area contributed by atoms with Gasteiger partial charge >= 0.3 is 0 Å². The van der Waals surface area contributed by atoms with Crippen LogP contribution in [-0.2, 0) is 4.79 Å². The Hall–Kier alpha value is -1.31. The lowest BCUT2D eigenvalue weighted by atomic mass is 10.2. The molecule has 0 heterocycles. The monoisotopic (exact) mass is 267 g/mol. The van der Waals surface area contributed by atoms with Crippen LogP contribution in [0.3, 0.4) is 0 Å². The van der Waals surface area contributed by atoms with E-state index in [4.69, 9.17) is 0 Å². The molecule has 0 atom stereocenters. The zero-order chi connectivity index (χ0) is 15.8. The van der Waals surface area contributed by atoms with Crippen molar-refractivity contribution in [2.75, 3.05) is 13.1 Å². The molecule has 0 N–H and O–H groups in total. The van der Waals surface area contributed by atoms with Crippen LogP contribution in [0.1, 0.15) is 55.4 Å². The Kier molecular flexibility index (Phi) is 20.1. The number of carbonyl (C=O) groups excluding carboxylic acids is 1. The number of rotatable bonds is 5. The largest absolute Gasteiger partial charge is 0.372 e. The fourth-order valence-corrected chi connectivity index (χ4v) is 1.20. The van der Waals surface area contributed by atoms with Crippen molar-refractivity contribution in [1.82, 2.24) is 4.90 Å². The van der Waals surface area contributed by atoms with Crippen LogP contribution in [0, 0.1) is 0 Å². The summed E-state index contributed by atoms with van der Waals surface area (Å²) in [6.07, 6.45) is 6.30. The van der Waals surface area contributed by atoms with Gasteiger partial charge in [-0.15, -0.1) is 0 Å². The molecule has 2 nitrogen and oxygen atoms in total. The molecule has 0 aliphatic rings. The zero-order valence-electron chi connectivity index (χ0n) is 14.2. The van der Waals surface area contributed by atoms with E-state index < -0.39 is 0 Å². The van der Waals surface area contributed by atoms with Crippen molar-refractivity contribution in [3.05, 3.63) is 36.1 Å². The van der Waals surface area contributed by atoms with Crippen LogP contribution in [0.5, 0.6) is 0 Å². The first-order valence-electron chi connectivity index (χ1n) is 7.10. The van der Waals surface area contributed by atoms with Crippen molar-refractivity contribution in [3.63, 3.8) is 0 Å². The summed E-state index contributed by atoms with van der Waals surface area (Å²) in [5.74, 6) is 0.167. The summed E-state index contributed by atoms with van der Waals surface area (Å²) in [4.78, 5) is 11.8. The lowest BCUT2D eigenvalue weighted by molar-refractivity contribution is -0.114. The minimum absolute atomic E-state index is 0.167. The topological polar surface area (TPSA) is 20.3 Å². The number of hydrogen-bond acceptors (Lipinski definition) is 2. The first-order chi connectivity index (χ1) is 8.88. The third-order valence-electron chi connectivity index (χ3n) is 1.96. The van der Waals surface area contributed by atoms with Gasteiger partial charge in [-0.2, -0.15) is 0 Å². The molecule has 0 bridgehead atoms. The summed E-state index contributed by atoms with van der Waals surface area (Å²) in [6.45, 7) is 21.4. The van der Waals surface area contributed by atoms with Crippen LogP contribution >= 0.6 is 0 Å². The number of hydrogen-bond donors (Lipinski definition) is 0. The van der Waals surface area contributed by atoms with E-state index in [-0.39, 0.29) is 5.78 Å². The molecule has 0 spiro atoms. The summed E-state index contributed by atoms with van der Waals surface area (Å²) < 4.78 is 0. The van der Waals surface area contributed by atoms with E-state index in [0.29, 0.717) is 0 Å². The second-order valence-corrected chi connectivity index (χ2v) is 3.97. The highest BCUT2D eigenvalue weighted by atomic mass is 16.1. The molecule has 0 aliphatic carbocycles. The molecular weight excluding hydrogens is 234 g/mol. The summed E-state index contributed by atoms with van der Waals surface area (Å²) >= 11 is 0. The van der Waals surface area contributed by atoms with Gasteiger partial charge in [0.2, 0.25) is 0 Å². The van der Waals surface area contributed by atoms with Crippen LogP contribution < -0.4 is 0 Å². The Morgan fingerprint density at radius 3 is 1.63 bits per heavy atom. The predicted molar refractivity (Wildman–Crippen MR) is 88.3 cm³/mol. The Labute approximate surface area is 120 Å². The maximum absolute atomic E-state index is 9.44. The SMILES string of the molecule is C=C(C)/C=C\C(=C/C)N(CC)CC.CC.CC(C)=O. The molecule has 0 rings (SSSR count). The number of Topliss-reactive ketones (excluding diaryl/α,β-unsaturated/α-hetero) is 1. The van der Waals surface area contributed by atoms with E-state index in [9.17, 15) is 4.79 Å². The van der Waals surface area contributed by atoms with E-state index in [2.05, 4.69) is 44.4 Å². The highest BCUT2D eigenvalue weighted by Gasteiger charge is 1.99. The van der Waals surface area contributed by atoms with Gasteiger partial charge < -0.3 is 9.69 Å². The van der Waals surface area contributed by atoms with Gasteiger partial charge in [0.1, 0.15) is 5.78 Å². The Bertz CT molecular complexity index is 280. The van der Waals surface area contributed by atoms with Crippen molar-refractivity contribution < 1.29 is 4.79 Å². The van der Waals surface area contributed by atoms with Crippen LogP contribution in [-0.4, -0.2) is 23.8 Å². The maximum Gasteiger partial charge on any atom is 0.126 e. The fraction of sp³-hybridized carbons (Fsp3) is 0.588. The molecular formula is C17H33NO. The molecule has 0 aromatic carbocycles. The second kappa shape index (κ2) is 16.7. The van der Waals surface area contributed by atoms with E-state index in [1.165, 1.54) is 19.5 Å². The third-order valence-corrected chi connectivity index (χ3v) is 1.96. The minimum atomic E-state index is 0.167. The molecule has 112 valence electrons. The molecule has 0 radical (unpaired) electrons. The fourth-order valence-electron chi connectivity index (χ4n) is 1.20. The lowest BCUT2D eigenvalue weighted by Crippen LogP contribution is -2.20. The van der Waals surface area contributed by atoms with Crippen molar-refractivity contribution in [2.24, 2.45) is 0 Å². The van der Waals surface area contributed by atoms with Crippen molar-refractivity contribution in [2.45, 2.75) is 55.4 Å². The maximum atomic E-state index is 9.44. The summed E-state index contributed by atoms with van der Waals surface area (Å²) in [6, 6.07) is 0. The van der Waals surface area contributed by atoms with Gasteiger partial charge in [0.15, 0.2) is 0 Å². The summed E-state index contributed by atoms with van der Waals surface area (Å²) in [5, 5.41) is 0. The minimum Gasteiger partial charge on any atom is -0.372 e. The molecule has 0 aromatic heterocycles. The highest BCUT2D eigenvalue weighted by molar-refractivity contribution is 5.72. The quantitative estimate of drug-likeness (QED) is 0.654. The van der Waals surface area contributed by atoms with Crippen LogP contribution in [0.4, 0.5) is 0 Å². The van der Waals surface area contributed by atoms with E-state index >= 15 is 0 Å². The Morgan fingerprint density at radius 2 is 1.42 bits per heavy atom. The van der Waals surface area contributed by atoms with Gasteiger partial charge in [-0.3, -0.25) is 0 Å². The molecule has 0 saturated carbocycles. The average molecular weight is 267 g/mol.